The molecule has 5 nitrogen and oxygen atoms in total. The van der Waals surface area contributed by atoms with Crippen molar-refractivity contribution in [3.05, 3.63) is 0 Å². The van der Waals surface area contributed by atoms with Crippen molar-refractivity contribution < 1.29 is 9.59 Å². The third kappa shape index (κ3) is 3.98. The summed E-state index contributed by atoms with van der Waals surface area (Å²) in [6.45, 7) is 8.43. The van der Waals surface area contributed by atoms with E-state index in [1.165, 1.54) is 0 Å². The summed E-state index contributed by atoms with van der Waals surface area (Å²) in [5.74, 6) is 0.671. The van der Waals surface area contributed by atoms with Crippen LogP contribution in [0.3, 0.4) is 0 Å². The molecule has 0 saturated carbocycles. The molecule has 1 aliphatic heterocycles. The van der Waals surface area contributed by atoms with E-state index < -0.39 is 6.04 Å². The second-order valence-electron chi connectivity index (χ2n) is 5.11. The minimum atomic E-state index is -0.411. The Labute approximate surface area is 109 Å². The summed E-state index contributed by atoms with van der Waals surface area (Å²) in [5.41, 5.74) is 5.60. The highest BCUT2D eigenvalue weighted by Crippen LogP contribution is 2.19. The van der Waals surface area contributed by atoms with Crippen LogP contribution in [0.4, 0.5) is 0 Å². The quantitative estimate of drug-likeness (QED) is 0.792. The third-order valence-electron chi connectivity index (χ3n) is 3.62. The zero-order valence-electron chi connectivity index (χ0n) is 11.7. The lowest BCUT2D eigenvalue weighted by Crippen LogP contribution is -2.47. The van der Waals surface area contributed by atoms with E-state index >= 15 is 0 Å². The predicted octanol–water partition coefficient (Wildman–Crippen LogP) is 0.441. The number of nitrogens with two attached hydrogens (primary N) is 1. The van der Waals surface area contributed by atoms with E-state index in [1.807, 2.05) is 16.7 Å². The lowest BCUT2D eigenvalue weighted by molar-refractivity contribution is -0.134. The van der Waals surface area contributed by atoms with Crippen LogP contribution in [0.5, 0.6) is 0 Å². The van der Waals surface area contributed by atoms with Gasteiger partial charge in [0.05, 0.1) is 6.04 Å². The van der Waals surface area contributed by atoms with Gasteiger partial charge in [0, 0.05) is 33.1 Å². The maximum Gasteiger partial charge on any atom is 0.239 e. The van der Waals surface area contributed by atoms with Crippen LogP contribution in [0.1, 0.15) is 33.6 Å². The van der Waals surface area contributed by atoms with Crippen molar-refractivity contribution in [3.63, 3.8) is 0 Å². The third-order valence-corrected chi connectivity index (χ3v) is 3.62. The molecule has 0 radical (unpaired) electrons. The van der Waals surface area contributed by atoms with Crippen molar-refractivity contribution in [2.24, 2.45) is 11.7 Å². The molecular formula is C13H25N3O2. The number of carbonyl (C=O) groups excluding carboxylic acids is 2. The van der Waals surface area contributed by atoms with E-state index in [2.05, 4.69) is 0 Å². The Balaban J connectivity index is 2.40. The van der Waals surface area contributed by atoms with Crippen LogP contribution in [-0.4, -0.2) is 53.8 Å². The van der Waals surface area contributed by atoms with Gasteiger partial charge in [-0.15, -0.1) is 0 Å². The van der Waals surface area contributed by atoms with Crippen molar-refractivity contribution in [1.29, 1.82) is 0 Å². The SMILES string of the molecule is CCN(CC1CCN(C(=O)C(C)N)CC1)C(C)=O. The van der Waals surface area contributed by atoms with Gasteiger partial charge in [-0.1, -0.05) is 0 Å². The van der Waals surface area contributed by atoms with Gasteiger partial charge in [-0.2, -0.15) is 0 Å². The summed E-state index contributed by atoms with van der Waals surface area (Å²) in [6, 6.07) is -0.411. The monoisotopic (exact) mass is 255 g/mol. The van der Waals surface area contributed by atoms with Crippen molar-refractivity contribution >= 4 is 11.8 Å². The Morgan fingerprint density at radius 3 is 2.33 bits per heavy atom. The minimum absolute atomic E-state index is 0.0346. The first-order valence-corrected chi connectivity index (χ1v) is 6.75. The van der Waals surface area contributed by atoms with Crippen molar-refractivity contribution in [2.45, 2.75) is 39.7 Å². The van der Waals surface area contributed by atoms with Gasteiger partial charge in [-0.25, -0.2) is 0 Å². The van der Waals surface area contributed by atoms with Gasteiger partial charge in [0.2, 0.25) is 11.8 Å². The molecule has 1 atom stereocenters. The van der Waals surface area contributed by atoms with Gasteiger partial charge in [0.15, 0.2) is 0 Å². The standard InChI is InChI=1S/C13H25N3O2/c1-4-15(11(3)17)9-12-5-7-16(8-6-12)13(18)10(2)14/h10,12H,4-9,14H2,1-3H3. The van der Waals surface area contributed by atoms with E-state index in [0.29, 0.717) is 5.92 Å². The number of rotatable bonds is 4. The normalized spacial score (nSPS) is 18.6. The molecule has 1 unspecified atom stereocenters. The van der Waals surface area contributed by atoms with E-state index in [4.69, 9.17) is 5.73 Å². The van der Waals surface area contributed by atoms with Crippen LogP contribution in [0.15, 0.2) is 0 Å². The fraction of sp³-hybridized carbons (Fsp3) is 0.846. The Kier molecular flexibility index (Phi) is 5.59. The topological polar surface area (TPSA) is 66.6 Å². The minimum Gasteiger partial charge on any atom is -0.343 e. The van der Waals surface area contributed by atoms with Gasteiger partial charge >= 0.3 is 0 Å². The maximum atomic E-state index is 11.7. The zero-order chi connectivity index (χ0) is 13.7. The van der Waals surface area contributed by atoms with E-state index in [9.17, 15) is 9.59 Å². The van der Waals surface area contributed by atoms with Crippen LogP contribution < -0.4 is 5.73 Å². The highest BCUT2D eigenvalue weighted by Gasteiger charge is 2.25. The Bertz CT molecular complexity index is 297. The molecule has 1 rings (SSSR count). The number of carbonyl (C=O) groups is 2. The summed E-state index contributed by atoms with van der Waals surface area (Å²) in [5, 5.41) is 0. The largest absolute Gasteiger partial charge is 0.343 e. The number of amides is 2. The average Bonchev–Trinajstić information content (AvgIpc) is 2.35. The molecule has 1 saturated heterocycles. The van der Waals surface area contributed by atoms with Crippen molar-refractivity contribution in [3.8, 4) is 0 Å². The molecule has 18 heavy (non-hydrogen) atoms. The smallest absolute Gasteiger partial charge is 0.239 e. The number of nitrogens with zero attached hydrogens (tertiary/aromatic N) is 2. The number of piperidine rings is 1. The average molecular weight is 255 g/mol. The van der Waals surface area contributed by atoms with Gasteiger partial charge in [-0.05, 0) is 32.6 Å². The predicted molar refractivity (Wildman–Crippen MR) is 70.9 cm³/mol. The van der Waals surface area contributed by atoms with E-state index in [1.54, 1.807) is 13.8 Å². The van der Waals surface area contributed by atoms with Crippen LogP contribution >= 0.6 is 0 Å². The second kappa shape index (κ2) is 6.73. The first-order chi connectivity index (χ1) is 8.45. The number of hydrogen-bond donors (Lipinski definition) is 1. The van der Waals surface area contributed by atoms with Gasteiger partial charge < -0.3 is 15.5 Å². The molecule has 0 bridgehead atoms. The molecule has 0 aromatic rings. The highest BCUT2D eigenvalue weighted by atomic mass is 16.2. The van der Waals surface area contributed by atoms with Crippen LogP contribution in [0.25, 0.3) is 0 Å². The number of likely N-dealkylation sites (tertiary alicyclic amines) is 1. The Morgan fingerprint density at radius 2 is 1.94 bits per heavy atom. The Hall–Kier alpha value is -1.10. The van der Waals surface area contributed by atoms with Gasteiger partial charge in [0.25, 0.3) is 0 Å². The summed E-state index contributed by atoms with van der Waals surface area (Å²) in [7, 11) is 0. The van der Waals surface area contributed by atoms with Gasteiger partial charge in [-0.3, -0.25) is 9.59 Å². The fourth-order valence-corrected chi connectivity index (χ4v) is 2.42. The molecule has 1 heterocycles. The van der Waals surface area contributed by atoms with Crippen molar-refractivity contribution in [2.75, 3.05) is 26.2 Å². The highest BCUT2D eigenvalue weighted by molar-refractivity contribution is 5.81. The summed E-state index contributed by atoms with van der Waals surface area (Å²) >= 11 is 0. The molecule has 2 amide bonds. The molecule has 104 valence electrons. The first kappa shape index (κ1) is 15.0. The Morgan fingerprint density at radius 1 is 1.39 bits per heavy atom. The molecular weight excluding hydrogens is 230 g/mol. The molecule has 1 aliphatic rings. The molecule has 0 aromatic carbocycles. The summed E-state index contributed by atoms with van der Waals surface area (Å²) < 4.78 is 0. The van der Waals surface area contributed by atoms with E-state index in [-0.39, 0.29) is 11.8 Å². The molecule has 0 spiro atoms. The molecule has 5 heteroatoms. The maximum absolute atomic E-state index is 11.7. The lowest BCUT2D eigenvalue weighted by atomic mass is 9.95. The molecule has 0 aromatic heterocycles. The van der Waals surface area contributed by atoms with Gasteiger partial charge in [0.1, 0.15) is 0 Å². The molecule has 2 N–H and O–H groups in total. The molecule has 1 fully saturated rings. The van der Waals surface area contributed by atoms with Crippen molar-refractivity contribution in [1.82, 2.24) is 9.80 Å². The second-order valence-corrected chi connectivity index (χ2v) is 5.11. The van der Waals surface area contributed by atoms with Crippen LogP contribution in [-0.2, 0) is 9.59 Å². The van der Waals surface area contributed by atoms with Crippen LogP contribution in [0.2, 0.25) is 0 Å². The summed E-state index contributed by atoms with van der Waals surface area (Å²) in [4.78, 5) is 26.8. The van der Waals surface area contributed by atoms with E-state index in [0.717, 1.165) is 39.0 Å². The lowest BCUT2D eigenvalue weighted by Gasteiger charge is -2.35. The molecule has 0 aliphatic carbocycles. The summed E-state index contributed by atoms with van der Waals surface area (Å²) in [6.07, 6.45) is 1.92. The van der Waals surface area contributed by atoms with Crippen LogP contribution in [0, 0.1) is 5.92 Å². The zero-order valence-corrected chi connectivity index (χ0v) is 11.7. The fourth-order valence-electron chi connectivity index (χ4n) is 2.42. The number of hydrogen-bond acceptors (Lipinski definition) is 3. The first-order valence-electron chi connectivity index (χ1n) is 6.75.